The summed E-state index contributed by atoms with van der Waals surface area (Å²) in [4.78, 5) is 32.7. The first-order valence-electron chi connectivity index (χ1n) is 12.9. The molecule has 212 valence electrons. The maximum atomic E-state index is 14.0. The van der Waals surface area contributed by atoms with Crippen LogP contribution in [0.5, 0.6) is 5.75 Å². The lowest BCUT2D eigenvalue weighted by Gasteiger charge is -2.27. The Morgan fingerprint density at radius 2 is 1.95 bits per heavy atom. The Balaban J connectivity index is 1.70. The molecule has 0 bridgehead atoms. The van der Waals surface area contributed by atoms with Gasteiger partial charge in [0.1, 0.15) is 23.3 Å². The van der Waals surface area contributed by atoms with Crippen LogP contribution in [0.4, 0.5) is 0 Å². The third-order valence-corrected chi connectivity index (χ3v) is 8.70. The summed E-state index contributed by atoms with van der Waals surface area (Å²) in [7, 11) is 1.56. The minimum atomic E-state index is -0.801. The SMILES string of the molecule is CCCC1=C(C(=O)OCC)[C@@H](c2cc(Br)ccc2OC)n2c(s/c(=C/c3ccc(-c4ccc(Cl)c(Cl)c4)o3)c2=O)=N1. The van der Waals surface area contributed by atoms with E-state index in [0.717, 1.165) is 16.5 Å². The zero-order chi connectivity index (χ0) is 29.3. The van der Waals surface area contributed by atoms with Gasteiger partial charge in [-0.25, -0.2) is 9.79 Å². The summed E-state index contributed by atoms with van der Waals surface area (Å²) in [5, 5.41) is 0.864. The van der Waals surface area contributed by atoms with E-state index in [1.807, 2.05) is 25.1 Å². The van der Waals surface area contributed by atoms with E-state index in [0.29, 0.717) is 59.9 Å². The van der Waals surface area contributed by atoms with Crippen LogP contribution >= 0.6 is 50.5 Å². The van der Waals surface area contributed by atoms with Crippen molar-refractivity contribution in [1.82, 2.24) is 4.57 Å². The molecule has 0 saturated heterocycles. The van der Waals surface area contributed by atoms with Crippen LogP contribution in [0.1, 0.15) is 44.1 Å². The van der Waals surface area contributed by atoms with Crippen molar-refractivity contribution in [2.24, 2.45) is 4.99 Å². The lowest BCUT2D eigenvalue weighted by atomic mass is 9.93. The number of esters is 1. The highest BCUT2D eigenvalue weighted by atomic mass is 79.9. The number of benzene rings is 2. The Morgan fingerprint density at radius 3 is 2.66 bits per heavy atom. The van der Waals surface area contributed by atoms with E-state index < -0.39 is 12.0 Å². The van der Waals surface area contributed by atoms with Gasteiger partial charge in [0.2, 0.25) is 0 Å². The first kappa shape index (κ1) is 29.4. The van der Waals surface area contributed by atoms with Crippen LogP contribution in [-0.2, 0) is 9.53 Å². The molecule has 0 amide bonds. The summed E-state index contributed by atoms with van der Waals surface area (Å²) in [6.45, 7) is 3.95. The van der Waals surface area contributed by atoms with Gasteiger partial charge in [0.15, 0.2) is 4.80 Å². The number of halogens is 3. The van der Waals surface area contributed by atoms with Gasteiger partial charge in [-0.05, 0) is 61.9 Å². The molecule has 2 aromatic carbocycles. The number of methoxy groups -OCH3 is 1. The van der Waals surface area contributed by atoms with E-state index in [-0.39, 0.29) is 12.2 Å². The minimum Gasteiger partial charge on any atom is -0.496 e. The minimum absolute atomic E-state index is 0.189. The highest BCUT2D eigenvalue weighted by Crippen LogP contribution is 2.38. The molecule has 0 aliphatic carbocycles. The van der Waals surface area contributed by atoms with Crippen LogP contribution in [0, 0.1) is 0 Å². The number of hydrogen-bond acceptors (Lipinski definition) is 7. The van der Waals surface area contributed by atoms with Crippen molar-refractivity contribution in [3.63, 3.8) is 0 Å². The summed E-state index contributed by atoms with van der Waals surface area (Å²) in [6, 6.07) is 13.5. The third-order valence-electron chi connectivity index (χ3n) is 6.48. The fourth-order valence-electron chi connectivity index (χ4n) is 4.70. The molecule has 11 heteroatoms. The monoisotopic (exact) mass is 674 g/mol. The van der Waals surface area contributed by atoms with Crippen LogP contribution in [0.3, 0.4) is 0 Å². The summed E-state index contributed by atoms with van der Waals surface area (Å²) >= 11 is 17.0. The van der Waals surface area contributed by atoms with Gasteiger partial charge in [-0.1, -0.05) is 63.8 Å². The summed E-state index contributed by atoms with van der Waals surface area (Å²) < 4.78 is 19.9. The first-order chi connectivity index (χ1) is 19.7. The predicted octanol–water partition coefficient (Wildman–Crippen LogP) is 6.92. The smallest absolute Gasteiger partial charge is 0.338 e. The third kappa shape index (κ3) is 5.81. The Morgan fingerprint density at radius 1 is 1.15 bits per heavy atom. The van der Waals surface area contributed by atoms with Crippen LogP contribution in [0.25, 0.3) is 17.4 Å². The fraction of sp³-hybridized carbons (Fsp3) is 0.233. The van der Waals surface area contributed by atoms with Crippen molar-refractivity contribution in [1.29, 1.82) is 0 Å². The second-order valence-electron chi connectivity index (χ2n) is 9.13. The van der Waals surface area contributed by atoms with Gasteiger partial charge in [0.25, 0.3) is 5.56 Å². The molecule has 1 aliphatic rings. The topological polar surface area (TPSA) is 83.0 Å². The van der Waals surface area contributed by atoms with E-state index >= 15 is 0 Å². The number of carbonyl (C=O) groups is 1. The average molecular weight is 676 g/mol. The van der Waals surface area contributed by atoms with E-state index in [9.17, 15) is 9.59 Å². The molecule has 4 aromatic rings. The number of carbonyl (C=O) groups excluding carboxylic acids is 1. The van der Waals surface area contributed by atoms with Gasteiger partial charge in [-0.2, -0.15) is 0 Å². The van der Waals surface area contributed by atoms with Gasteiger partial charge in [-0.3, -0.25) is 9.36 Å². The standard InChI is InChI=1S/C30H25BrCl2N2O5S/c1-4-6-22-26(29(37)39-5-2)27(19-14-17(31)8-11-24(19)38-3)35-28(36)25(41-30(35)34-22)15-18-9-12-23(40-18)16-7-10-20(32)21(33)13-16/h7-15,27H,4-6H2,1-3H3/b25-15+/t27-/m1/s1. The Labute approximate surface area is 258 Å². The molecule has 1 aliphatic heterocycles. The molecule has 0 N–H and O–H groups in total. The highest BCUT2D eigenvalue weighted by Gasteiger charge is 2.36. The van der Waals surface area contributed by atoms with E-state index in [4.69, 9.17) is 42.1 Å². The van der Waals surface area contributed by atoms with Crippen LogP contribution in [0.2, 0.25) is 10.0 Å². The number of furan rings is 1. The maximum Gasteiger partial charge on any atom is 0.338 e. The zero-order valence-electron chi connectivity index (χ0n) is 22.4. The average Bonchev–Trinajstić information content (AvgIpc) is 3.54. The maximum absolute atomic E-state index is 14.0. The lowest BCUT2D eigenvalue weighted by molar-refractivity contribution is -0.139. The van der Waals surface area contributed by atoms with E-state index in [1.54, 1.807) is 50.4 Å². The second kappa shape index (κ2) is 12.4. The molecule has 41 heavy (non-hydrogen) atoms. The number of ether oxygens (including phenoxy) is 2. The molecule has 0 saturated carbocycles. The molecule has 0 fully saturated rings. The lowest BCUT2D eigenvalue weighted by Crippen LogP contribution is -2.40. The quantitative estimate of drug-likeness (QED) is 0.190. The van der Waals surface area contributed by atoms with Crippen molar-refractivity contribution in [2.45, 2.75) is 32.7 Å². The van der Waals surface area contributed by atoms with Crippen molar-refractivity contribution in [2.75, 3.05) is 13.7 Å². The normalized spacial score (nSPS) is 15.1. The van der Waals surface area contributed by atoms with Crippen molar-refractivity contribution < 1.29 is 18.7 Å². The molecule has 0 unspecified atom stereocenters. The molecular weight excluding hydrogens is 651 g/mol. The number of aromatic nitrogens is 1. The number of nitrogens with zero attached hydrogens (tertiary/aromatic N) is 2. The first-order valence-corrected chi connectivity index (χ1v) is 15.2. The van der Waals surface area contributed by atoms with E-state index in [2.05, 4.69) is 15.9 Å². The summed E-state index contributed by atoms with van der Waals surface area (Å²) in [6.07, 6.45) is 2.97. The van der Waals surface area contributed by atoms with Crippen LogP contribution in [-0.4, -0.2) is 24.3 Å². The molecule has 7 nitrogen and oxygen atoms in total. The number of hydrogen-bond donors (Lipinski definition) is 0. The van der Waals surface area contributed by atoms with Crippen molar-refractivity contribution >= 4 is 62.5 Å². The van der Waals surface area contributed by atoms with Crippen LogP contribution in [0.15, 0.2) is 78.5 Å². The number of thiazole rings is 1. The molecule has 1 atom stereocenters. The van der Waals surface area contributed by atoms with Crippen LogP contribution < -0.4 is 19.6 Å². The number of fused-ring (bicyclic) bond motifs is 1. The second-order valence-corrected chi connectivity index (χ2v) is 11.9. The Bertz CT molecular complexity index is 1860. The molecule has 0 radical (unpaired) electrons. The van der Waals surface area contributed by atoms with Crippen molar-refractivity contribution in [3.8, 4) is 17.1 Å². The molecule has 0 spiro atoms. The molecule has 2 aromatic heterocycles. The van der Waals surface area contributed by atoms with Gasteiger partial charge in [-0.15, -0.1) is 0 Å². The molecular formula is C30H25BrCl2N2O5S. The zero-order valence-corrected chi connectivity index (χ0v) is 26.3. The predicted molar refractivity (Wildman–Crippen MR) is 164 cm³/mol. The van der Waals surface area contributed by atoms with Crippen molar-refractivity contribution in [3.05, 3.63) is 105 Å². The fourth-order valence-corrected chi connectivity index (χ4v) is 6.38. The summed E-state index contributed by atoms with van der Waals surface area (Å²) in [5.74, 6) is 1.07. The van der Waals surface area contributed by atoms with Gasteiger partial charge in [0, 0.05) is 21.7 Å². The van der Waals surface area contributed by atoms with E-state index in [1.165, 1.54) is 15.9 Å². The molecule has 3 heterocycles. The Hall–Kier alpha value is -3.11. The van der Waals surface area contributed by atoms with Gasteiger partial charge in [0.05, 0.1) is 39.6 Å². The number of allylic oxidation sites excluding steroid dienone is 1. The summed E-state index contributed by atoms with van der Waals surface area (Å²) in [5.41, 5.74) is 1.99. The largest absolute Gasteiger partial charge is 0.496 e. The van der Waals surface area contributed by atoms with Gasteiger partial charge < -0.3 is 13.9 Å². The van der Waals surface area contributed by atoms with Gasteiger partial charge >= 0.3 is 5.97 Å². The highest BCUT2D eigenvalue weighted by molar-refractivity contribution is 9.10. The Kier molecular flexibility index (Phi) is 8.89. The number of rotatable bonds is 8. The molecule has 5 rings (SSSR count).